The zero-order valence-corrected chi connectivity index (χ0v) is 11.6. The lowest BCUT2D eigenvalue weighted by Crippen LogP contribution is -2.02. The predicted octanol–water partition coefficient (Wildman–Crippen LogP) is 3.22. The van der Waals surface area contributed by atoms with Crippen LogP contribution in [0.25, 0.3) is 6.08 Å². The van der Waals surface area contributed by atoms with E-state index in [4.69, 9.17) is 14.6 Å². The first-order valence-corrected chi connectivity index (χ1v) is 6.24. The Morgan fingerprint density at radius 3 is 2.68 bits per heavy atom. The summed E-state index contributed by atoms with van der Waals surface area (Å²) in [6.07, 6.45) is 3.58. The van der Waals surface area contributed by atoms with Gasteiger partial charge < -0.3 is 14.6 Å². The number of aliphatic carboxylic acids is 1. The first-order valence-electron chi connectivity index (χ1n) is 6.24. The van der Waals surface area contributed by atoms with Gasteiger partial charge >= 0.3 is 5.97 Å². The number of ether oxygens (including phenoxy) is 2. The summed E-state index contributed by atoms with van der Waals surface area (Å²) in [5.41, 5.74) is 0.760. The molecule has 1 rings (SSSR count). The standard InChI is InChI=1S/C15H20O4/c1-11(2)8-9-19-13-6-4-12(5-7-15(16)17)10-14(13)18-3/h4-7,10-11H,8-9H2,1-3H3,(H,16,17)/b7-5+. The van der Waals surface area contributed by atoms with Crippen LogP contribution in [0.1, 0.15) is 25.8 Å². The molecule has 0 unspecified atom stereocenters. The van der Waals surface area contributed by atoms with E-state index in [9.17, 15) is 4.79 Å². The second kappa shape index (κ2) is 7.46. The van der Waals surface area contributed by atoms with Crippen LogP contribution >= 0.6 is 0 Å². The average molecular weight is 264 g/mol. The number of carboxylic acids is 1. The van der Waals surface area contributed by atoms with Gasteiger partial charge in [-0.15, -0.1) is 0 Å². The maximum Gasteiger partial charge on any atom is 0.328 e. The molecule has 4 nitrogen and oxygen atoms in total. The van der Waals surface area contributed by atoms with E-state index in [1.54, 1.807) is 25.3 Å². The van der Waals surface area contributed by atoms with Crippen molar-refractivity contribution in [3.8, 4) is 11.5 Å². The fourth-order valence-electron chi connectivity index (χ4n) is 1.48. The van der Waals surface area contributed by atoms with Gasteiger partial charge in [-0.1, -0.05) is 19.9 Å². The SMILES string of the molecule is COc1cc(/C=C/C(=O)O)ccc1OCCC(C)C. The van der Waals surface area contributed by atoms with Crippen LogP contribution in [-0.4, -0.2) is 24.8 Å². The highest BCUT2D eigenvalue weighted by atomic mass is 16.5. The molecule has 0 fully saturated rings. The number of hydrogen-bond donors (Lipinski definition) is 1. The summed E-state index contributed by atoms with van der Waals surface area (Å²) in [6.45, 7) is 4.92. The maximum absolute atomic E-state index is 10.5. The summed E-state index contributed by atoms with van der Waals surface area (Å²) in [4.78, 5) is 10.5. The van der Waals surface area contributed by atoms with Crippen LogP contribution in [0.2, 0.25) is 0 Å². The van der Waals surface area contributed by atoms with E-state index in [1.165, 1.54) is 6.08 Å². The minimum absolute atomic E-state index is 0.587. The molecule has 0 saturated heterocycles. The number of carbonyl (C=O) groups is 1. The van der Waals surface area contributed by atoms with Crippen molar-refractivity contribution in [3.05, 3.63) is 29.8 Å². The lowest BCUT2D eigenvalue weighted by molar-refractivity contribution is -0.131. The molecule has 1 aromatic carbocycles. The first kappa shape index (κ1) is 15.1. The summed E-state index contributed by atoms with van der Waals surface area (Å²) >= 11 is 0. The molecule has 0 atom stereocenters. The summed E-state index contributed by atoms with van der Waals surface area (Å²) < 4.78 is 10.9. The van der Waals surface area contributed by atoms with Crippen molar-refractivity contribution in [1.82, 2.24) is 0 Å². The zero-order chi connectivity index (χ0) is 14.3. The van der Waals surface area contributed by atoms with E-state index in [-0.39, 0.29) is 0 Å². The Bertz CT molecular complexity index is 449. The Balaban J connectivity index is 2.75. The third-order valence-electron chi connectivity index (χ3n) is 2.56. The molecule has 19 heavy (non-hydrogen) atoms. The molecule has 1 aromatic rings. The van der Waals surface area contributed by atoms with Gasteiger partial charge in [0, 0.05) is 6.08 Å². The predicted molar refractivity (Wildman–Crippen MR) is 74.6 cm³/mol. The van der Waals surface area contributed by atoms with Gasteiger partial charge in [-0.2, -0.15) is 0 Å². The van der Waals surface area contributed by atoms with E-state index >= 15 is 0 Å². The number of methoxy groups -OCH3 is 1. The van der Waals surface area contributed by atoms with Crippen molar-refractivity contribution in [2.24, 2.45) is 5.92 Å². The number of carboxylic acid groups (broad SMARTS) is 1. The Kier molecular flexibility index (Phi) is 5.93. The van der Waals surface area contributed by atoms with Crippen LogP contribution in [-0.2, 0) is 4.79 Å². The molecule has 0 bridgehead atoms. The quantitative estimate of drug-likeness (QED) is 0.768. The number of benzene rings is 1. The minimum Gasteiger partial charge on any atom is -0.493 e. The molecule has 0 aliphatic carbocycles. The molecule has 4 heteroatoms. The van der Waals surface area contributed by atoms with Gasteiger partial charge in [0.15, 0.2) is 11.5 Å². The summed E-state index contributed by atoms with van der Waals surface area (Å²) in [5.74, 6) is 0.895. The normalized spacial score (nSPS) is 10.9. The van der Waals surface area contributed by atoms with Crippen molar-refractivity contribution in [2.75, 3.05) is 13.7 Å². The number of rotatable bonds is 7. The largest absolute Gasteiger partial charge is 0.493 e. The lowest BCUT2D eigenvalue weighted by Gasteiger charge is -2.12. The summed E-state index contributed by atoms with van der Waals surface area (Å²) in [6, 6.07) is 5.34. The molecular formula is C15H20O4. The highest BCUT2D eigenvalue weighted by Crippen LogP contribution is 2.28. The van der Waals surface area contributed by atoms with Crippen LogP contribution in [0, 0.1) is 5.92 Å². The third kappa shape index (κ3) is 5.46. The van der Waals surface area contributed by atoms with Gasteiger partial charge in [0.1, 0.15) is 0 Å². The van der Waals surface area contributed by atoms with Crippen LogP contribution in [0.5, 0.6) is 11.5 Å². The monoisotopic (exact) mass is 264 g/mol. The Labute approximate surface area is 113 Å². The van der Waals surface area contributed by atoms with E-state index < -0.39 is 5.97 Å². The molecule has 0 aromatic heterocycles. The zero-order valence-electron chi connectivity index (χ0n) is 11.6. The molecule has 0 aliphatic heterocycles. The van der Waals surface area contributed by atoms with Crippen molar-refractivity contribution < 1.29 is 19.4 Å². The van der Waals surface area contributed by atoms with Gasteiger partial charge in [0.2, 0.25) is 0 Å². The maximum atomic E-state index is 10.5. The van der Waals surface area contributed by atoms with Crippen LogP contribution in [0.3, 0.4) is 0 Å². The second-order valence-electron chi connectivity index (χ2n) is 4.61. The topological polar surface area (TPSA) is 55.8 Å². The molecule has 0 radical (unpaired) electrons. The fourth-order valence-corrected chi connectivity index (χ4v) is 1.48. The smallest absolute Gasteiger partial charge is 0.328 e. The highest BCUT2D eigenvalue weighted by molar-refractivity contribution is 5.85. The molecule has 0 saturated carbocycles. The van der Waals surface area contributed by atoms with E-state index in [0.717, 1.165) is 18.1 Å². The first-order chi connectivity index (χ1) is 9.02. The van der Waals surface area contributed by atoms with Gasteiger partial charge in [0.05, 0.1) is 13.7 Å². The molecule has 104 valence electrons. The summed E-state index contributed by atoms with van der Waals surface area (Å²) in [7, 11) is 1.56. The molecule has 0 spiro atoms. The highest BCUT2D eigenvalue weighted by Gasteiger charge is 2.05. The van der Waals surface area contributed by atoms with Crippen LogP contribution in [0.15, 0.2) is 24.3 Å². The Morgan fingerprint density at radius 2 is 2.11 bits per heavy atom. The van der Waals surface area contributed by atoms with Crippen molar-refractivity contribution in [1.29, 1.82) is 0 Å². The number of hydrogen-bond acceptors (Lipinski definition) is 3. The van der Waals surface area contributed by atoms with Crippen molar-refractivity contribution in [3.63, 3.8) is 0 Å². The average Bonchev–Trinajstić information content (AvgIpc) is 2.36. The molecule has 0 amide bonds. The van der Waals surface area contributed by atoms with E-state index in [1.807, 2.05) is 0 Å². The van der Waals surface area contributed by atoms with Gasteiger partial charge in [-0.3, -0.25) is 0 Å². The molecule has 1 N–H and O–H groups in total. The Morgan fingerprint density at radius 1 is 1.37 bits per heavy atom. The fraction of sp³-hybridized carbons (Fsp3) is 0.400. The van der Waals surface area contributed by atoms with Gasteiger partial charge in [0.25, 0.3) is 0 Å². The van der Waals surface area contributed by atoms with Crippen LogP contribution in [0.4, 0.5) is 0 Å². The van der Waals surface area contributed by atoms with Crippen molar-refractivity contribution >= 4 is 12.0 Å². The van der Waals surface area contributed by atoms with Gasteiger partial charge in [-0.25, -0.2) is 4.79 Å². The van der Waals surface area contributed by atoms with E-state index in [0.29, 0.717) is 24.0 Å². The molecule has 0 heterocycles. The Hall–Kier alpha value is -1.97. The summed E-state index contributed by atoms with van der Waals surface area (Å²) in [5, 5.41) is 8.58. The third-order valence-corrected chi connectivity index (χ3v) is 2.56. The minimum atomic E-state index is -0.976. The second-order valence-corrected chi connectivity index (χ2v) is 4.61. The van der Waals surface area contributed by atoms with E-state index in [2.05, 4.69) is 13.8 Å². The molecular weight excluding hydrogens is 244 g/mol. The molecule has 0 aliphatic rings. The van der Waals surface area contributed by atoms with Crippen LogP contribution < -0.4 is 9.47 Å². The lowest BCUT2D eigenvalue weighted by atomic mass is 10.1. The van der Waals surface area contributed by atoms with Gasteiger partial charge in [-0.05, 0) is 36.1 Å². The van der Waals surface area contributed by atoms with Crippen molar-refractivity contribution in [2.45, 2.75) is 20.3 Å².